The number of thioether (sulfide) groups is 1. The second-order valence-corrected chi connectivity index (χ2v) is 10.9. The Morgan fingerprint density at radius 2 is 1.76 bits per heavy atom. The average Bonchev–Trinajstić information content (AvgIpc) is 3.15. The summed E-state index contributed by atoms with van der Waals surface area (Å²) in [4.78, 5) is 38.9. The van der Waals surface area contributed by atoms with Crippen LogP contribution in [-0.2, 0) is 17.5 Å². The average molecular weight is 546 g/mol. The molecule has 2 heterocycles. The van der Waals surface area contributed by atoms with Crippen molar-refractivity contribution in [1.29, 1.82) is 0 Å². The van der Waals surface area contributed by atoms with Crippen LogP contribution in [-0.4, -0.2) is 39.9 Å². The highest BCUT2D eigenvalue weighted by Gasteiger charge is 2.58. The number of alkyl halides is 5. The Balaban J connectivity index is 1.69. The Hall–Kier alpha value is -3.09. The van der Waals surface area contributed by atoms with Crippen LogP contribution in [0.3, 0.4) is 0 Å². The van der Waals surface area contributed by atoms with Gasteiger partial charge in [0.1, 0.15) is 5.60 Å². The fourth-order valence-corrected chi connectivity index (χ4v) is 5.10. The zero-order valence-corrected chi connectivity index (χ0v) is 20.9. The summed E-state index contributed by atoms with van der Waals surface area (Å²) in [6.45, 7) is 4.80. The minimum absolute atomic E-state index is 0.0392. The van der Waals surface area contributed by atoms with Crippen molar-refractivity contribution in [3.63, 3.8) is 0 Å². The van der Waals surface area contributed by atoms with E-state index in [9.17, 15) is 36.3 Å². The molecular formula is C24H24F5N3O4S. The summed E-state index contributed by atoms with van der Waals surface area (Å²) in [6.07, 6.45) is -4.61. The number of ether oxygens (including phenoxy) is 1. The first-order chi connectivity index (χ1) is 17.0. The first kappa shape index (κ1) is 27.0. The van der Waals surface area contributed by atoms with Crippen LogP contribution in [0.4, 0.5) is 26.7 Å². The number of hydrogen-bond donors (Lipinski definition) is 2. The molecule has 0 unspecified atom stereocenters. The van der Waals surface area contributed by atoms with E-state index in [0.29, 0.717) is 5.56 Å². The van der Waals surface area contributed by atoms with Crippen LogP contribution >= 0.6 is 11.8 Å². The molecule has 0 radical (unpaired) electrons. The number of carbonyl (C=O) groups is 2. The molecule has 7 nitrogen and oxygen atoms in total. The molecule has 1 aromatic carbocycles. The van der Waals surface area contributed by atoms with Gasteiger partial charge in [-0.25, -0.2) is 13.6 Å². The lowest BCUT2D eigenvalue weighted by Crippen LogP contribution is -2.38. The number of aromatic nitrogens is 1. The fraction of sp³-hybridized carbons (Fsp3) is 0.458. The summed E-state index contributed by atoms with van der Waals surface area (Å²) in [5, 5.41) is 4.86. The topological polar surface area (TPSA) is 89.4 Å². The van der Waals surface area contributed by atoms with Crippen molar-refractivity contribution >= 4 is 23.8 Å². The summed E-state index contributed by atoms with van der Waals surface area (Å²) in [5.74, 6) is -3.64. The van der Waals surface area contributed by atoms with Gasteiger partial charge in [-0.15, -0.1) is 11.8 Å². The maximum absolute atomic E-state index is 13.4. The number of halogens is 5. The Morgan fingerprint density at radius 3 is 2.30 bits per heavy atom. The van der Waals surface area contributed by atoms with Gasteiger partial charge in [0.2, 0.25) is 0 Å². The van der Waals surface area contributed by atoms with Gasteiger partial charge >= 0.3 is 12.3 Å². The molecule has 37 heavy (non-hydrogen) atoms. The fourth-order valence-electron chi connectivity index (χ4n) is 3.83. The normalized spacial score (nSPS) is 20.2. The van der Waals surface area contributed by atoms with Gasteiger partial charge in [-0.1, -0.05) is 12.1 Å². The number of amides is 2. The van der Waals surface area contributed by atoms with E-state index in [1.807, 2.05) is 0 Å². The quantitative estimate of drug-likeness (QED) is 0.531. The van der Waals surface area contributed by atoms with E-state index in [1.165, 1.54) is 18.3 Å². The molecule has 2 atom stereocenters. The van der Waals surface area contributed by atoms with Gasteiger partial charge in [0.15, 0.2) is 0 Å². The number of fused-ring (bicyclic) bond motifs is 1. The van der Waals surface area contributed by atoms with Crippen LogP contribution < -0.4 is 16.2 Å². The Morgan fingerprint density at radius 1 is 1.14 bits per heavy atom. The van der Waals surface area contributed by atoms with Gasteiger partial charge < -0.3 is 19.9 Å². The predicted molar refractivity (Wildman–Crippen MR) is 125 cm³/mol. The smallest absolute Gasteiger partial charge is 0.416 e. The highest BCUT2D eigenvalue weighted by atomic mass is 32.2. The number of pyridine rings is 1. The molecule has 0 saturated heterocycles. The van der Waals surface area contributed by atoms with Crippen LogP contribution in [0, 0.1) is 0 Å². The number of hydrogen-bond acceptors (Lipinski definition) is 5. The monoisotopic (exact) mass is 545 g/mol. The second-order valence-electron chi connectivity index (χ2n) is 9.91. The molecule has 0 spiro atoms. The van der Waals surface area contributed by atoms with Crippen molar-refractivity contribution in [2.45, 2.75) is 68.4 Å². The van der Waals surface area contributed by atoms with Crippen molar-refractivity contribution in [1.82, 2.24) is 15.2 Å². The summed E-state index contributed by atoms with van der Waals surface area (Å²) in [7, 11) is 0. The third kappa shape index (κ3) is 6.08. The zero-order chi connectivity index (χ0) is 27.3. The Kier molecular flexibility index (Phi) is 6.80. The lowest BCUT2D eigenvalue weighted by atomic mass is 10.1. The molecule has 2 amide bonds. The van der Waals surface area contributed by atoms with Crippen LogP contribution in [0.2, 0.25) is 0 Å². The van der Waals surface area contributed by atoms with Gasteiger partial charge in [-0.3, -0.25) is 9.59 Å². The van der Waals surface area contributed by atoms with Crippen LogP contribution in [0.5, 0.6) is 0 Å². The lowest BCUT2D eigenvalue weighted by molar-refractivity contribution is -0.137. The molecule has 1 aromatic heterocycles. The molecule has 1 aliphatic carbocycles. The number of carbonyl (C=O) groups excluding carboxylic acids is 2. The van der Waals surface area contributed by atoms with Gasteiger partial charge in [-0.05, 0) is 38.5 Å². The largest absolute Gasteiger partial charge is 0.444 e. The molecular weight excluding hydrogens is 521 g/mol. The molecule has 2 N–H and O–H groups in total. The van der Waals surface area contributed by atoms with E-state index < -0.39 is 59.3 Å². The Bertz CT molecular complexity index is 1290. The summed E-state index contributed by atoms with van der Waals surface area (Å²) < 4.78 is 72.0. The number of benzene rings is 1. The van der Waals surface area contributed by atoms with E-state index in [-0.39, 0.29) is 28.3 Å². The summed E-state index contributed by atoms with van der Waals surface area (Å²) >= 11 is 1.12. The third-order valence-corrected chi connectivity index (χ3v) is 6.94. The number of alkyl carbamates (subject to hydrolysis) is 1. The van der Waals surface area contributed by atoms with Gasteiger partial charge in [0, 0.05) is 23.3 Å². The SMILES string of the molecule is CC(C)(C)OC(=O)N[C@H]1CSc2c(C(=O)N[C@@H]3CC3(F)F)cn(Cc3ccc(C(F)(F)F)cc3)c(=O)c21. The first-order valence-electron chi connectivity index (χ1n) is 11.3. The van der Waals surface area contributed by atoms with Crippen LogP contribution in [0.1, 0.15) is 60.3 Å². The highest BCUT2D eigenvalue weighted by molar-refractivity contribution is 7.99. The molecule has 1 fully saturated rings. The molecule has 1 saturated carbocycles. The molecule has 200 valence electrons. The molecule has 13 heteroatoms. The number of nitrogens with one attached hydrogen (secondary N) is 2. The molecule has 2 aromatic rings. The third-order valence-electron chi connectivity index (χ3n) is 5.71. The van der Waals surface area contributed by atoms with Crippen molar-refractivity contribution in [2.24, 2.45) is 0 Å². The second kappa shape index (κ2) is 9.34. The van der Waals surface area contributed by atoms with E-state index in [2.05, 4.69) is 10.6 Å². The Labute approximate surface area is 212 Å². The van der Waals surface area contributed by atoms with Gasteiger partial charge in [0.25, 0.3) is 17.4 Å². The van der Waals surface area contributed by atoms with Crippen LogP contribution in [0.25, 0.3) is 0 Å². The van der Waals surface area contributed by atoms with Crippen LogP contribution in [0.15, 0.2) is 40.2 Å². The molecule has 4 rings (SSSR count). The summed E-state index contributed by atoms with van der Waals surface area (Å²) in [5.41, 5.74) is -1.85. The standard InChI is InChI=1S/C24H24F5N3O4S/c1-22(2,3)36-21(35)30-15-11-37-18-14(19(33)31-16-8-23(16,25)26)10-32(20(34)17(15)18)9-12-4-6-13(7-5-12)24(27,28)29/h4-7,10,15-16H,8-9,11H2,1-3H3,(H,30,35)(H,31,33)/t15-,16+/m0/s1. The van der Waals surface area contributed by atoms with Gasteiger partial charge in [-0.2, -0.15) is 13.2 Å². The maximum Gasteiger partial charge on any atom is 0.416 e. The lowest BCUT2D eigenvalue weighted by Gasteiger charge is -2.22. The maximum atomic E-state index is 13.4. The van der Waals surface area contributed by atoms with Crippen molar-refractivity contribution in [3.05, 3.63) is 63.1 Å². The van der Waals surface area contributed by atoms with Crippen molar-refractivity contribution in [2.75, 3.05) is 5.75 Å². The van der Waals surface area contributed by atoms with E-state index >= 15 is 0 Å². The highest BCUT2D eigenvalue weighted by Crippen LogP contribution is 2.43. The molecule has 1 aliphatic heterocycles. The van der Waals surface area contributed by atoms with E-state index in [0.717, 1.165) is 28.5 Å². The van der Waals surface area contributed by atoms with E-state index in [4.69, 9.17) is 4.74 Å². The number of nitrogens with zero attached hydrogens (tertiary/aromatic N) is 1. The van der Waals surface area contributed by atoms with E-state index in [1.54, 1.807) is 20.8 Å². The predicted octanol–water partition coefficient (Wildman–Crippen LogP) is 4.72. The zero-order valence-electron chi connectivity index (χ0n) is 20.0. The molecule has 0 bridgehead atoms. The molecule has 2 aliphatic rings. The van der Waals surface area contributed by atoms with Crippen molar-refractivity contribution in [3.8, 4) is 0 Å². The minimum Gasteiger partial charge on any atom is -0.444 e. The number of rotatable bonds is 5. The minimum atomic E-state index is -4.53. The van der Waals surface area contributed by atoms with Crippen molar-refractivity contribution < 1.29 is 36.3 Å². The summed E-state index contributed by atoms with van der Waals surface area (Å²) in [6, 6.07) is 2.00. The first-order valence-corrected chi connectivity index (χ1v) is 12.3. The van der Waals surface area contributed by atoms with Gasteiger partial charge in [0.05, 0.1) is 35.3 Å².